The molecule has 2 rings (SSSR count). The fourth-order valence-electron chi connectivity index (χ4n) is 1.32. The van der Waals surface area contributed by atoms with E-state index >= 15 is 0 Å². The van der Waals surface area contributed by atoms with Crippen LogP contribution < -0.4 is 5.56 Å². The Labute approximate surface area is 83.9 Å². The molecule has 1 N–H and O–H groups in total. The van der Waals surface area contributed by atoms with Crippen molar-refractivity contribution < 1.29 is 0 Å². The average Bonchev–Trinajstić information content (AvgIpc) is 2.33. The molecule has 3 nitrogen and oxygen atoms in total. The molecular formula is C8H6Cl2N2O. The minimum absolute atomic E-state index is 0.218. The van der Waals surface area contributed by atoms with E-state index in [9.17, 15) is 4.79 Å². The molecule has 0 atom stereocenters. The number of nitrogens with zero attached hydrogens (tertiary/aromatic N) is 1. The fraction of sp³-hybridized carbons (Fsp3) is 0.125. The van der Waals surface area contributed by atoms with Crippen LogP contribution >= 0.6 is 23.2 Å². The Hall–Kier alpha value is -0.930. The number of rotatable bonds is 0. The van der Waals surface area contributed by atoms with Crippen LogP contribution in [0.25, 0.3) is 10.9 Å². The lowest BCUT2D eigenvalue weighted by Gasteiger charge is -1.94. The summed E-state index contributed by atoms with van der Waals surface area (Å²) >= 11 is 11.8. The Bertz CT molecular complexity index is 527. The summed E-state index contributed by atoms with van der Waals surface area (Å²) in [5.41, 5.74) is 0.517. The highest BCUT2D eigenvalue weighted by atomic mass is 35.5. The lowest BCUT2D eigenvalue weighted by Crippen LogP contribution is -2.03. The van der Waals surface area contributed by atoms with Crippen molar-refractivity contribution in [2.45, 2.75) is 0 Å². The van der Waals surface area contributed by atoms with Gasteiger partial charge in [0, 0.05) is 13.2 Å². The largest absolute Gasteiger partial charge is 0.333 e. The van der Waals surface area contributed by atoms with Crippen molar-refractivity contribution in [1.82, 2.24) is 9.55 Å². The van der Waals surface area contributed by atoms with E-state index in [1.165, 1.54) is 0 Å². The molecule has 0 saturated carbocycles. The molecule has 2 aromatic heterocycles. The number of hydrogen-bond donors (Lipinski definition) is 1. The van der Waals surface area contributed by atoms with E-state index in [1.54, 1.807) is 23.9 Å². The summed E-state index contributed by atoms with van der Waals surface area (Å²) in [7, 11) is 1.76. The molecule has 0 aliphatic heterocycles. The molecule has 2 heterocycles. The van der Waals surface area contributed by atoms with Crippen LogP contribution in [0.5, 0.6) is 0 Å². The second-order valence-electron chi connectivity index (χ2n) is 2.73. The summed E-state index contributed by atoms with van der Waals surface area (Å²) in [4.78, 5) is 13.9. The van der Waals surface area contributed by atoms with Gasteiger partial charge in [-0.15, -0.1) is 0 Å². The van der Waals surface area contributed by atoms with Gasteiger partial charge in [0.2, 0.25) is 0 Å². The normalized spacial score (nSPS) is 11.0. The van der Waals surface area contributed by atoms with Crippen molar-refractivity contribution in [3.63, 3.8) is 0 Å². The summed E-state index contributed by atoms with van der Waals surface area (Å²) in [6.07, 6.45) is 1.57. The number of pyridine rings is 1. The van der Waals surface area contributed by atoms with Gasteiger partial charge in [-0.05, 0) is 6.07 Å². The molecule has 0 saturated heterocycles. The average molecular weight is 217 g/mol. The SMILES string of the molecule is Cn1c(Cl)c(Cl)c2c(=O)[nH]ccc21. The maximum atomic E-state index is 11.4. The van der Waals surface area contributed by atoms with E-state index in [-0.39, 0.29) is 5.56 Å². The van der Waals surface area contributed by atoms with Gasteiger partial charge in [0.1, 0.15) is 5.15 Å². The molecule has 0 aliphatic rings. The zero-order valence-corrected chi connectivity index (χ0v) is 8.28. The number of aromatic amines is 1. The maximum Gasteiger partial charge on any atom is 0.258 e. The quantitative estimate of drug-likeness (QED) is 0.721. The van der Waals surface area contributed by atoms with Gasteiger partial charge in [-0.3, -0.25) is 4.79 Å². The zero-order valence-electron chi connectivity index (χ0n) is 6.77. The summed E-state index contributed by atoms with van der Waals surface area (Å²) < 4.78 is 1.68. The van der Waals surface area contributed by atoms with Crippen LogP contribution in [-0.4, -0.2) is 9.55 Å². The minimum atomic E-state index is -0.218. The predicted octanol–water partition coefficient (Wildman–Crippen LogP) is 2.17. The van der Waals surface area contributed by atoms with E-state index in [4.69, 9.17) is 23.2 Å². The van der Waals surface area contributed by atoms with Crippen LogP contribution in [0.15, 0.2) is 17.1 Å². The Balaban J connectivity index is 3.12. The molecule has 0 bridgehead atoms. The summed E-state index contributed by atoms with van der Waals surface area (Å²) in [5.74, 6) is 0. The highest BCUT2D eigenvalue weighted by molar-refractivity contribution is 6.45. The highest BCUT2D eigenvalue weighted by Crippen LogP contribution is 2.30. The molecule has 0 radical (unpaired) electrons. The number of hydrogen-bond acceptors (Lipinski definition) is 1. The van der Waals surface area contributed by atoms with E-state index in [2.05, 4.69) is 4.98 Å². The van der Waals surface area contributed by atoms with Crippen LogP contribution in [0.1, 0.15) is 0 Å². The number of aromatic nitrogens is 2. The second-order valence-corrected chi connectivity index (χ2v) is 3.47. The zero-order chi connectivity index (χ0) is 9.59. The fourth-order valence-corrected chi connectivity index (χ4v) is 1.81. The van der Waals surface area contributed by atoms with Gasteiger partial charge in [-0.1, -0.05) is 23.2 Å². The van der Waals surface area contributed by atoms with Crippen LogP contribution in [0, 0.1) is 0 Å². The Kier molecular flexibility index (Phi) is 1.86. The lowest BCUT2D eigenvalue weighted by molar-refractivity contribution is 0.968. The number of fused-ring (bicyclic) bond motifs is 1. The first kappa shape index (κ1) is 8.66. The first-order chi connectivity index (χ1) is 6.13. The Morgan fingerprint density at radius 1 is 1.46 bits per heavy atom. The lowest BCUT2D eigenvalue weighted by atomic mass is 10.3. The second kappa shape index (κ2) is 2.79. The topological polar surface area (TPSA) is 37.8 Å². The van der Waals surface area contributed by atoms with Crippen LogP contribution in [0.3, 0.4) is 0 Å². The molecule has 0 aliphatic carbocycles. The highest BCUT2D eigenvalue weighted by Gasteiger charge is 2.13. The smallest absolute Gasteiger partial charge is 0.258 e. The third-order valence-electron chi connectivity index (χ3n) is 2.00. The van der Waals surface area contributed by atoms with Gasteiger partial charge >= 0.3 is 0 Å². The summed E-state index contributed by atoms with van der Waals surface area (Å²) in [6.45, 7) is 0. The molecule has 0 unspecified atom stereocenters. The number of halogens is 2. The van der Waals surface area contributed by atoms with Gasteiger partial charge in [-0.25, -0.2) is 0 Å². The summed E-state index contributed by atoms with van der Waals surface area (Å²) in [6, 6.07) is 1.76. The molecule has 0 spiro atoms. The standard InChI is InChI=1S/C8H6Cl2N2O/c1-12-4-2-3-11-8(13)5(4)6(9)7(12)10/h2-3H,1H3,(H,11,13). The van der Waals surface area contributed by atoms with E-state index < -0.39 is 0 Å². The predicted molar refractivity (Wildman–Crippen MR) is 53.6 cm³/mol. The molecule has 68 valence electrons. The monoisotopic (exact) mass is 216 g/mol. The minimum Gasteiger partial charge on any atom is -0.333 e. The first-order valence-electron chi connectivity index (χ1n) is 3.64. The van der Waals surface area contributed by atoms with Gasteiger partial charge < -0.3 is 9.55 Å². The molecule has 0 fully saturated rings. The molecule has 0 amide bonds. The van der Waals surface area contributed by atoms with E-state index in [1.807, 2.05) is 0 Å². The van der Waals surface area contributed by atoms with Gasteiger partial charge in [0.15, 0.2) is 0 Å². The van der Waals surface area contributed by atoms with Gasteiger partial charge in [0.05, 0.1) is 15.9 Å². The number of H-pyrrole nitrogens is 1. The van der Waals surface area contributed by atoms with Crippen LogP contribution in [0.4, 0.5) is 0 Å². The third kappa shape index (κ3) is 1.08. The Morgan fingerprint density at radius 2 is 2.15 bits per heavy atom. The van der Waals surface area contributed by atoms with Gasteiger partial charge in [-0.2, -0.15) is 0 Å². The molecular weight excluding hydrogens is 211 g/mol. The third-order valence-corrected chi connectivity index (χ3v) is 2.90. The maximum absolute atomic E-state index is 11.4. The summed E-state index contributed by atoms with van der Waals surface area (Å²) in [5, 5.41) is 1.13. The van der Waals surface area contributed by atoms with Crippen molar-refractivity contribution in [1.29, 1.82) is 0 Å². The molecule has 0 aromatic carbocycles. The van der Waals surface area contributed by atoms with Crippen LogP contribution in [-0.2, 0) is 7.05 Å². The van der Waals surface area contributed by atoms with E-state index in [0.717, 1.165) is 5.52 Å². The van der Waals surface area contributed by atoms with Crippen molar-refractivity contribution in [3.8, 4) is 0 Å². The van der Waals surface area contributed by atoms with Crippen molar-refractivity contribution >= 4 is 34.1 Å². The Morgan fingerprint density at radius 3 is 2.77 bits per heavy atom. The van der Waals surface area contributed by atoms with E-state index in [0.29, 0.717) is 15.6 Å². The first-order valence-corrected chi connectivity index (χ1v) is 4.39. The van der Waals surface area contributed by atoms with Gasteiger partial charge in [0.25, 0.3) is 5.56 Å². The molecule has 13 heavy (non-hydrogen) atoms. The molecule has 5 heteroatoms. The number of aryl methyl sites for hydroxylation is 1. The van der Waals surface area contributed by atoms with Crippen molar-refractivity contribution in [3.05, 3.63) is 32.8 Å². The molecule has 2 aromatic rings. The number of nitrogens with one attached hydrogen (secondary N) is 1. The van der Waals surface area contributed by atoms with Crippen molar-refractivity contribution in [2.24, 2.45) is 7.05 Å². The van der Waals surface area contributed by atoms with Crippen LogP contribution in [0.2, 0.25) is 10.2 Å². The van der Waals surface area contributed by atoms with Crippen molar-refractivity contribution in [2.75, 3.05) is 0 Å².